The molecule has 3 heteroatoms. The molecule has 108 valence electrons. The Morgan fingerprint density at radius 1 is 0.810 bits per heavy atom. The quantitative estimate of drug-likeness (QED) is 0.853. The van der Waals surface area contributed by atoms with Crippen molar-refractivity contribution in [2.75, 3.05) is 21.3 Å². The van der Waals surface area contributed by atoms with Crippen molar-refractivity contribution in [1.29, 1.82) is 0 Å². The Bertz CT molecular complexity index is 702. The van der Waals surface area contributed by atoms with Gasteiger partial charge in [-0.25, -0.2) is 0 Å². The molecule has 1 aliphatic rings. The minimum absolute atomic E-state index is 0.744. The molecule has 0 spiro atoms. The van der Waals surface area contributed by atoms with E-state index in [0.717, 1.165) is 34.8 Å². The lowest BCUT2D eigenvalue weighted by atomic mass is 9.95. The van der Waals surface area contributed by atoms with Crippen LogP contribution in [0.25, 0.3) is 17.2 Å². The van der Waals surface area contributed by atoms with Crippen molar-refractivity contribution in [3.63, 3.8) is 0 Å². The van der Waals surface area contributed by atoms with Gasteiger partial charge in [0.25, 0.3) is 0 Å². The summed E-state index contributed by atoms with van der Waals surface area (Å²) < 4.78 is 16.1. The number of hydrogen-bond acceptors (Lipinski definition) is 3. The van der Waals surface area contributed by atoms with E-state index in [1.165, 1.54) is 11.1 Å². The van der Waals surface area contributed by atoms with E-state index in [2.05, 4.69) is 24.3 Å². The summed E-state index contributed by atoms with van der Waals surface area (Å²) in [5.74, 6) is 2.37. The highest BCUT2D eigenvalue weighted by atomic mass is 16.5. The van der Waals surface area contributed by atoms with Crippen molar-refractivity contribution < 1.29 is 14.2 Å². The van der Waals surface area contributed by atoms with Crippen LogP contribution < -0.4 is 14.2 Å². The van der Waals surface area contributed by atoms with E-state index in [1.54, 1.807) is 21.3 Å². The predicted octanol–water partition coefficient (Wildman–Crippen LogP) is 3.95. The Kier molecular flexibility index (Phi) is 3.57. The summed E-state index contributed by atoms with van der Waals surface area (Å²) in [6.07, 6.45) is 5.17. The summed E-state index contributed by atoms with van der Waals surface area (Å²) in [5, 5.41) is 0. The number of fused-ring (bicyclic) bond motifs is 3. The Hall–Kier alpha value is -2.42. The molecule has 0 fully saturated rings. The van der Waals surface area contributed by atoms with Gasteiger partial charge in [-0.05, 0) is 52.9 Å². The minimum atomic E-state index is 0.744. The van der Waals surface area contributed by atoms with Crippen LogP contribution in [-0.4, -0.2) is 21.3 Å². The number of ether oxygens (including phenoxy) is 3. The lowest BCUT2D eigenvalue weighted by Gasteiger charge is -2.14. The van der Waals surface area contributed by atoms with Gasteiger partial charge in [0.1, 0.15) is 5.75 Å². The van der Waals surface area contributed by atoms with Gasteiger partial charge in [0.15, 0.2) is 11.5 Å². The van der Waals surface area contributed by atoms with Crippen LogP contribution in [0.4, 0.5) is 0 Å². The van der Waals surface area contributed by atoms with Gasteiger partial charge in [0.05, 0.1) is 21.3 Å². The van der Waals surface area contributed by atoms with E-state index in [1.807, 2.05) is 18.2 Å². The molecule has 2 aromatic rings. The molecule has 0 bridgehead atoms. The Balaban J connectivity index is 2.22. The minimum Gasteiger partial charge on any atom is -0.497 e. The first-order chi connectivity index (χ1) is 10.3. The Labute approximate surface area is 124 Å². The van der Waals surface area contributed by atoms with E-state index >= 15 is 0 Å². The number of allylic oxidation sites excluding steroid dienone is 1. The molecule has 1 aliphatic carbocycles. The maximum Gasteiger partial charge on any atom is 0.161 e. The lowest BCUT2D eigenvalue weighted by Crippen LogP contribution is -1.95. The highest BCUT2D eigenvalue weighted by molar-refractivity contribution is 5.82. The second-order valence-electron chi connectivity index (χ2n) is 4.92. The zero-order valence-electron chi connectivity index (χ0n) is 12.5. The normalized spacial score (nSPS) is 12.1. The molecule has 0 aliphatic heterocycles. The van der Waals surface area contributed by atoms with E-state index in [0.29, 0.717) is 0 Å². The summed E-state index contributed by atoms with van der Waals surface area (Å²) in [6, 6.07) is 10.2. The van der Waals surface area contributed by atoms with Crippen molar-refractivity contribution in [3.8, 4) is 28.4 Å². The maximum atomic E-state index is 5.43. The highest BCUT2D eigenvalue weighted by Crippen LogP contribution is 2.40. The first-order valence-corrected chi connectivity index (χ1v) is 6.86. The summed E-state index contributed by atoms with van der Waals surface area (Å²) in [6.45, 7) is 0. The average Bonchev–Trinajstić information content (AvgIpc) is 2.71. The van der Waals surface area contributed by atoms with Gasteiger partial charge in [-0.15, -0.1) is 0 Å². The lowest BCUT2D eigenvalue weighted by molar-refractivity contribution is 0.355. The largest absolute Gasteiger partial charge is 0.497 e. The summed E-state index contributed by atoms with van der Waals surface area (Å²) in [5.41, 5.74) is 4.74. The number of rotatable bonds is 3. The van der Waals surface area contributed by atoms with Crippen LogP contribution in [0, 0.1) is 0 Å². The molecule has 3 rings (SSSR count). The van der Waals surface area contributed by atoms with Crippen molar-refractivity contribution in [3.05, 3.63) is 47.5 Å². The molecule has 0 aromatic heterocycles. The van der Waals surface area contributed by atoms with E-state index in [4.69, 9.17) is 14.2 Å². The van der Waals surface area contributed by atoms with E-state index < -0.39 is 0 Å². The predicted molar refractivity (Wildman–Crippen MR) is 84.3 cm³/mol. The third-order valence-corrected chi connectivity index (χ3v) is 3.79. The Morgan fingerprint density at radius 2 is 1.57 bits per heavy atom. The highest BCUT2D eigenvalue weighted by Gasteiger charge is 2.16. The van der Waals surface area contributed by atoms with Crippen molar-refractivity contribution >= 4 is 6.08 Å². The molecule has 3 nitrogen and oxygen atoms in total. The second-order valence-corrected chi connectivity index (χ2v) is 4.92. The fourth-order valence-electron chi connectivity index (χ4n) is 2.71. The molecule has 0 unspecified atom stereocenters. The van der Waals surface area contributed by atoms with Crippen LogP contribution in [0.15, 0.2) is 36.4 Å². The monoisotopic (exact) mass is 282 g/mol. The third-order valence-electron chi connectivity index (χ3n) is 3.79. The first-order valence-electron chi connectivity index (χ1n) is 6.86. The number of hydrogen-bond donors (Lipinski definition) is 0. The molecule has 0 N–H and O–H groups in total. The smallest absolute Gasteiger partial charge is 0.161 e. The third kappa shape index (κ3) is 2.35. The van der Waals surface area contributed by atoms with Crippen molar-refractivity contribution in [2.45, 2.75) is 6.42 Å². The molecular weight excluding hydrogens is 264 g/mol. The second kappa shape index (κ2) is 5.52. The molecular formula is C18H18O3. The average molecular weight is 282 g/mol. The van der Waals surface area contributed by atoms with Gasteiger partial charge in [-0.1, -0.05) is 18.2 Å². The molecule has 0 saturated heterocycles. The van der Waals surface area contributed by atoms with Crippen molar-refractivity contribution in [1.82, 2.24) is 0 Å². The molecule has 0 heterocycles. The zero-order valence-corrected chi connectivity index (χ0v) is 12.5. The van der Waals surface area contributed by atoms with E-state index in [-0.39, 0.29) is 0 Å². The molecule has 0 radical (unpaired) electrons. The van der Waals surface area contributed by atoms with Crippen LogP contribution in [-0.2, 0) is 6.42 Å². The fourth-order valence-corrected chi connectivity index (χ4v) is 2.71. The molecule has 2 aromatic carbocycles. The molecule has 0 atom stereocenters. The van der Waals surface area contributed by atoms with Crippen LogP contribution in [0.3, 0.4) is 0 Å². The van der Waals surface area contributed by atoms with Gasteiger partial charge in [0.2, 0.25) is 0 Å². The van der Waals surface area contributed by atoms with E-state index in [9.17, 15) is 0 Å². The number of methoxy groups -OCH3 is 3. The summed E-state index contributed by atoms with van der Waals surface area (Å²) in [4.78, 5) is 0. The van der Waals surface area contributed by atoms with Crippen LogP contribution in [0.1, 0.15) is 11.1 Å². The van der Waals surface area contributed by atoms with Crippen LogP contribution >= 0.6 is 0 Å². The van der Waals surface area contributed by atoms with Gasteiger partial charge < -0.3 is 14.2 Å². The molecule has 21 heavy (non-hydrogen) atoms. The van der Waals surface area contributed by atoms with Crippen LogP contribution in [0.5, 0.6) is 17.2 Å². The fraction of sp³-hybridized carbons (Fsp3) is 0.222. The maximum absolute atomic E-state index is 5.43. The van der Waals surface area contributed by atoms with Gasteiger partial charge in [-0.2, -0.15) is 0 Å². The molecule has 0 saturated carbocycles. The zero-order chi connectivity index (χ0) is 14.8. The summed E-state index contributed by atoms with van der Waals surface area (Å²) in [7, 11) is 5.01. The van der Waals surface area contributed by atoms with Crippen LogP contribution in [0.2, 0.25) is 0 Å². The first kappa shape index (κ1) is 13.6. The number of benzene rings is 2. The Morgan fingerprint density at radius 3 is 2.29 bits per heavy atom. The topological polar surface area (TPSA) is 27.7 Å². The van der Waals surface area contributed by atoms with Crippen molar-refractivity contribution in [2.24, 2.45) is 0 Å². The molecule has 0 amide bonds. The SMILES string of the molecule is COc1ccc2c(c1)CC=Cc1cc(OC)c(OC)cc1-2. The standard InChI is InChI=1S/C18H18O3/c1-19-14-7-8-15-12(9-14)5-4-6-13-10-17(20-2)18(21-3)11-16(13)15/h4,6-11H,5H2,1-3H3. The van der Waals surface area contributed by atoms with Gasteiger partial charge >= 0.3 is 0 Å². The van der Waals surface area contributed by atoms with Gasteiger partial charge in [0, 0.05) is 0 Å². The summed E-state index contributed by atoms with van der Waals surface area (Å²) >= 11 is 0. The van der Waals surface area contributed by atoms with Gasteiger partial charge in [-0.3, -0.25) is 0 Å².